The van der Waals surface area contributed by atoms with E-state index < -0.39 is 0 Å². The predicted octanol–water partition coefficient (Wildman–Crippen LogP) is 10.8. The first kappa shape index (κ1) is 28.3. The molecule has 1 atom stereocenters. The summed E-state index contributed by atoms with van der Waals surface area (Å²) < 4.78 is 9.17. The molecule has 0 spiro atoms. The van der Waals surface area contributed by atoms with Gasteiger partial charge in [-0.15, -0.1) is 0 Å². The summed E-state index contributed by atoms with van der Waals surface area (Å²) in [6.07, 6.45) is -0.379. The molecule has 10 rings (SSSR count). The third-order valence-corrected chi connectivity index (χ3v) is 9.67. The van der Waals surface area contributed by atoms with E-state index in [0.717, 1.165) is 61.2 Å². The SMILES string of the molecule is c1ccc(C2=NC(c3cccc4oc5c(-n6c7ccccc7c7cc(-c8ccccc8)ccc76)cccc5c34)NC(c3ccccc3)=N2)cc1. The van der Waals surface area contributed by atoms with Crippen LogP contribution in [0.15, 0.2) is 184 Å². The van der Waals surface area contributed by atoms with Gasteiger partial charge in [-0.05, 0) is 41.5 Å². The molecule has 1 N–H and O–H groups in total. The molecule has 0 saturated carbocycles. The minimum atomic E-state index is -0.379. The zero-order valence-corrected chi connectivity index (χ0v) is 27.0. The quantitative estimate of drug-likeness (QED) is 0.203. The number of para-hydroxylation sites is 2. The molecule has 0 bridgehead atoms. The molecule has 0 aliphatic carbocycles. The number of nitrogens with zero attached hydrogens (tertiary/aromatic N) is 3. The van der Waals surface area contributed by atoms with Gasteiger partial charge >= 0.3 is 0 Å². The lowest BCUT2D eigenvalue weighted by Gasteiger charge is -2.24. The molecule has 5 nitrogen and oxygen atoms in total. The highest BCUT2D eigenvalue weighted by Crippen LogP contribution is 2.41. The maximum atomic E-state index is 6.83. The number of rotatable bonds is 5. The lowest BCUT2D eigenvalue weighted by Crippen LogP contribution is -2.33. The van der Waals surface area contributed by atoms with Gasteiger partial charge in [0.25, 0.3) is 0 Å². The Morgan fingerprint density at radius 2 is 1.18 bits per heavy atom. The Kier molecular flexibility index (Phi) is 6.49. The molecule has 50 heavy (non-hydrogen) atoms. The molecule has 5 heteroatoms. The van der Waals surface area contributed by atoms with Crippen LogP contribution >= 0.6 is 0 Å². The highest BCUT2D eigenvalue weighted by molar-refractivity contribution is 6.16. The van der Waals surface area contributed by atoms with Crippen LogP contribution in [0, 0.1) is 0 Å². The van der Waals surface area contributed by atoms with Crippen molar-refractivity contribution in [1.29, 1.82) is 0 Å². The average molecular weight is 643 g/mol. The van der Waals surface area contributed by atoms with Crippen molar-refractivity contribution in [3.63, 3.8) is 0 Å². The number of hydrogen-bond donors (Lipinski definition) is 1. The first-order chi connectivity index (χ1) is 24.8. The minimum absolute atomic E-state index is 0.379. The number of furan rings is 1. The molecule has 7 aromatic carbocycles. The van der Waals surface area contributed by atoms with Crippen LogP contribution in [-0.4, -0.2) is 16.2 Å². The summed E-state index contributed by atoms with van der Waals surface area (Å²) in [4.78, 5) is 10.2. The first-order valence-electron chi connectivity index (χ1n) is 16.9. The molecule has 236 valence electrons. The van der Waals surface area contributed by atoms with Crippen molar-refractivity contribution in [1.82, 2.24) is 9.88 Å². The Morgan fingerprint density at radius 1 is 0.520 bits per heavy atom. The van der Waals surface area contributed by atoms with E-state index in [0.29, 0.717) is 5.84 Å². The zero-order chi connectivity index (χ0) is 33.0. The number of hydrogen-bond acceptors (Lipinski definition) is 4. The Balaban J connectivity index is 1.17. The van der Waals surface area contributed by atoms with Crippen molar-refractivity contribution in [3.8, 4) is 16.8 Å². The van der Waals surface area contributed by atoms with Crippen molar-refractivity contribution in [2.24, 2.45) is 9.98 Å². The topological polar surface area (TPSA) is 54.8 Å². The molecule has 3 heterocycles. The standard InChI is InChI=1S/C45H30N4O/c1-4-14-29(15-5-1)32-26-27-38-36(28-32)33-20-10-11-23-37(33)49(38)39-24-12-21-34-41-35(22-13-25-40(41)50-42(34)39)45-47-43(30-16-6-2-7-17-30)46-44(48-45)31-18-8-3-9-19-31/h1-28,45H,(H,46,47,48). The maximum absolute atomic E-state index is 6.83. The molecule has 0 radical (unpaired) electrons. The summed E-state index contributed by atoms with van der Waals surface area (Å²) in [5.41, 5.74) is 10.3. The summed E-state index contributed by atoms with van der Waals surface area (Å²) in [6.45, 7) is 0. The molecule has 0 amide bonds. The fourth-order valence-electron chi connectivity index (χ4n) is 7.38. The average Bonchev–Trinajstić information content (AvgIpc) is 3.74. The van der Waals surface area contributed by atoms with Crippen molar-refractivity contribution in [2.75, 3.05) is 0 Å². The molecule has 1 unspecified atom stereocenters. The third kappa shape index (κ3) is 4.55. The van der Waals surface area contributed by atoms with Crippen LogP contribution in [0.5, 0.6) is 0 Å². The lowest BCUT2D eigenvalue weighted by molar-refractivity contribution is 0.660. The second-order valence-electron chi connectivity index (χ2n) is 12.6. The number of aromatic nitrogens is 1. The highest BCUT2D eigenvalue weighted by Gasteiger charge is 2.25. The van der Waals surface area contributed by atoms with Gasteiger partial charge in [-0.25, -0.2) is 9.98 Å². The third-order valence-electron chi connectivity index (χ3n) is 9.67. The van der Waals surface area contributed by atoms with Gasteiger partial charge in [0.1, 0.15) is 17.6 Å². The number of amidine groups is 2. The van der Waals surface area contributed by atoms with Crippen LogP contribution in [0.3, 0.4) is 0 Å². The summed E-state index contributed by atoms with van der Waals surface area (Å²) in [7, 11) is 0. The Morgan fingerprint density at radius 3 is 1.98 bits per heavy atom. The maximum Gasteiger partial charge on any atom is 0.159 e. The molecule has 0 fully saturated rings. The van der Waals surface area contributed by atoms with Gasteiger partial charge in [-0.2, -0.15) is 0 Å². The molecule has 1 aliphatic heterocycles. The van der Waals surface area contributed by atoms with Gasteiger partial charge in [0.15, 0.2) is 11.4 Å². The van der Waals surface area contributed by atoms with E-state index >= 15 is 0 Å². The van der Waals surface area contributed by atoms with Crippen LogP contribution in [-0.2, 0) is 0 Å². The van der Waals surface area contributed by atoms with Gasteiger partial charge in [-0.1, -0.05) is 140 Å². The molecular weight excluding hydrogens is 613 g/mol. The number of fused-ring (bicyclic) bond motifs is 6. The Hall–Kier alpha value is -6.72. The molecule has 1 aliphatic rings. The molecular formula is C45H30N4O. The predicted molar refractivity (Wildman–Crippen MR) is 205 cm³/mol. The van der Waals surface area contributed by atoms with Gasteiger partial charge in [-0.3, -0.25) is 0 Å². The monoisotopic (exact) mass is 642 g/mol. The highest BCUT2D eigenvalue weighted by atomic mass is 16.3. The van der Waals surface area contributed by atoms with Gasteiger partial charge in [0.2, 0.25) is 0 Å². The van der Waals surface area contributed by atoms with E-state index in [4.69, 9.17) is 14.4 Å². The van der Waals surface area contributed by atoms with E-state index in [1.165, 1.54) is 21.9 Å². The zero-order valence-electron chi connectivity index (χ0n) is 27.0. The second kappa shape index (κ2) is 11.5. The largest absolute Gasteiger partial charge is 0.454 e. The number of aliphatic imine (C=N–C) groups is 2. The second-order valence-corrected chi connectivity index (χ2v) is 12.6. The number of nitrogens with one attached hydrogen (secondary N) is 1. The Labute approximate surface area is 288 Å². The van der Waals surface area contributed by atoms with E-state index in [-0.39, 0.29) is 6.17 Å². The summed E-state index contributed by atoms with van der Waals surface area (Å²) in [5, 5.41) is 8.15. The van der Waals surface area contributed by atoms with E-state index in [1.54, 1.807) is 0 Å². The summed E-state index contributed by atoms with van der Waals surface area (Å²) in [6, 6.07) is 59.1. The fraction of sp³-hybridized carbons (Fsp3) is 0.0222. The molecule has 0 saturated heterocycles. The number of benzene rings is 7. The minimum Gasteiger partial charge on any atom is -0.454 e. The van der Waals surface area contributed by atoms with Crippen molar-refractivity contribution >= 4 is 55.4 Å². The smallest absolute Gasteiger partial charge is 0.159 e. The van der Waals surface area contributed by atoms with Crippen LogP contribution in [0.1, 0.15) is 22.9 Å². The lowest BCUT2D eigenvalue weighted by atomic mass is 10.0. The van der Waals surface area contributed by atoms with Gasteiger partial charge in [0, 0.05) is 38.2 Å². The van der Waals surface area contributed by atoms with Crippen LogP contribution in [0.4, 0.5) is 0 Å². The first-order valence-corrected chi connectivity index (χ1v) is 16.9. The van der Waals surface area contributed by atoms with Gasteiger partial charge in [0.05, 0.1) is 16.7 Å². The Bertz CT molecular complexity index is 2780. The van der Waals surface area contributed by atoms with Crippen molar-refractivity contribution in [2.45, 2.75) is 6.17 Å². The summed E-state index contributed by atoms with van der Waals surface area (Å²) >= 11 is 0. The van der Waals surface area contributed by atoms with Gasteiger partial charge < -0.3 is 14.3 Å². The van der Waals surface area contributed by atoms with E-state index in [1.807, 2.05) is 36.4 Å². The van der Waals surface area contributed by atoms with E-state index in [9.17, 15) is 0 Å². The fourth-order valence-corrected chi connectivity index (χ4v) is 7.38. The normalized spacial score (nSPS) is 14.6. The van der Waals surface area contributed by atoms with Crippen LogP contribution in [0.2, 0.25) is 0 Å². The van der Waals surface area contributed by atoms with Crippen molar-refractivity contribution < 1.29 is 4.42 Å². The molecule has 2 aromatic heterocycles. The molecule has 9 aromatic rings. The van der Waals surface area contributed by atoms with Crippen LogP contribution < -0.4 is 5.32 Å². The van der Waals surface area contributed by atoms with E-state index in [2.05, 4.69) is 143 Å². The van der Waals surface area contributed by atoms with Crippen molar-refractivity contribution in [3.05, 3.63) is 187 Å². The summed E-state index contributed by atoms with van der Waals surface area (Å²) in [5.74, 6) is 1.48. The van der Waals surface area contributed by atoms with Crippen LogP contribution in [0.25, 0.3) is 60.6 Å².